The molecule has 120 valence electrons. The molecule has 0 saturated carbocycles. The van der Waals surface area contributed by atoms with E-state index in [1.54, 1.807) is 35.5 Å². The number of hydrogen-bond donors (Lipinski definition) is 1. The smallest absolute Gasteiger partial charge is 0.261 e. The molecule has 0 radical (unpaired) electrons. The summed E-state index contributed by atoms with van der Waals surface area (Å²) in [5, 5.41) is 3.25. The lowest BCUT2D eigenvalue weighted by Crippen LogP contribution is -2.57. The molecule has 1 N–H and O–H groups in total. The molecule has 2 aromatic rings. The maximum atomic E-state index is 12.5. The zero-order chi connectivity index (χ0) is 15.6. The Balaban J connectivity index is 1.39. The third kappa shape index (κ3) is 3.44. The van der Waals surface area contributed by atoms with Crippen molar-refractivity contribution in [2.24, 2.45) is 5.92 Å². The Kier molecular flexibility index (Phi) is 4.37. The van der Waals surface area contributed by atoms with Crippen LogP contribution in [-0.4, -0.2) is 41.5 Å². The van der Waals surface area contributed by atoms with Gasteiger partial charge in [0.1, 0.15) is 0 Å². The molecule has 23 heavy (non-hydrogen) atoms. The topological polar surface area (TPSA) is 45.2 Å². The van der Waals surface area contributed by atoms with Crippen LogP contribution in [0.25, 0.3) is 0 Å². The molecule has 1 amide bonds. The van der Waals surface area contributed by atoms with Gasteiger partial charge in [0.25, 0.3) is 5.91 Å². The summed E-state index contributed by atoms with van der Waals surface area (Å²) < 4.78 is 1.13. The van der Waals surface area contributed by atoms with Crippen molar-refractivity contribution < 1.29 is 4.79 Å². The van der Waals surface area contributed by atoms with Gasteiger partial charge in [0.15, 0.2) is 0 Å². The summed E-state index contributed by atoms with van der Waals surface area (Å²) in [5.41, 5.74) is 0. The van der Waals surface area contributed by atoms with Gasteiger partial charge in [0.2, 0.25) is 0 Å². The van der Waals surface area contributed by atoms with Gasteiger partial charge in [-0.25, -0.2) is 0 Å². The maximum absolute atomic E-state index is 12.5. The Labute approximate surface area is 144 Å². The standard InChI is InChI=1S/C17H19N3OS2/c21-17(19-14-11-20-9-5-12(14)6-10-20)15-1-2-16(23-15)22-13-3-7-18-8-4-13/h1-4,7-8,12,14H,5-6,9-11H2,(H,19,21)/t14-/m0/s1. The number of amides is 1. The Hall–Kier alpha value is -1.37. The second kappa shape index (κ2) is 6.63. The molecule has 2 aromatic heterocycles. The molecule has 0 spiro atoms. The number of piperidine rings is 3. The molecule has 3 aliphatic rings. The summed E-state index contributed by atoms with van der Waals surface area (Å²) in [5.74, 6) is 0.741. The van der Waals surface area contributed by atoms with Crippen molar-refractivity contribution in [2.45, 2.75) is 28.0 Å². The van der Waals surface area contributed by atoms with E-state index in [9.17, 15) is 4.79 Å². The predicted octanol–water partition coefficient (Wildman–Crippen LogP) is 3.12. The number of thiophene rings is 1. The summed E-state index contributed by atoms with van der Waals surface area (Å²) in [6.07, 6.45) is 6.02. The fourth-order valence-electron chi connectivity index (χ4n) is 3.39. The van der Waals surface area contributed by atoms with E-state index in [1.165, 1.54) is 25.9 Å². The molecule has 5 rings (SSSR count). The second-order valence-corrected chi connectivity index (χ2v) is 8.58. The van der Waals surface area contributed by atoms with Gasteiger partial charge in [0.05, 0.1) is 9.09 Å². The number of hydrogen-bond acceptors (Lipinski definition) is 5. The highest BCUT2D eigenvalue weighted by Gasteiger charge is 2.35. The van der Waals surface area contributed by atoms with E-state index in [2.05, 4.69) is 15.2 Å². The number of rotatable bonds is 4. The molecule has 0 aliphatic carbocycles. The highest BCUT2D eigenvalue weighted by molar-refractivity contribution is 8.01. The largest absolute Gasteiger partial charge is 0.347 e. The van der Waals surface area contributed by atoms with Crippen LogP contribution < -0.4 is 5.32 Å². The SMILES string of the molecule is O=C(N[C@H]1CN2CCC1CC2)c1ccc(Sc2ccncc2)s1. The third-order valence-electron chi connectivity index (χ3n) is 4.65. The quantitative estimate of drug-likeness (QED) is 0.925. The summed E-state index contributed by atoms with van der Waals surface area (Å²) in [6.45, 7) is 3.41. The first-order valence-electron chi connectivity index (χ1n) is 7.99. The first kappa shape index (κ1) is 15.2. The Bertz CT molecular complexity index is 680. The molecule has 3 saturated heterocycles. The Morgan fingerprint density at radius 2 is 2.00 bits per heavy atom. The number of aromatic nitrogens is 1. The van der Waals surface area contributed by atoms with E-state index in [1.807, 2.05) is 24.3 Å². The van der Waals surface area contributed by atoms with Crippen LogP contribution in [0.15, 0.2) is 45.8 Å². The van der Waals surface area contributed by atoms with Gasteiger partial charge >= 0.3 is 0 Å². The van der Waals surface area contributed by atoms with Gasteiger partial charge < -0.3 is 10.2 Å². The first-order valence-corrected chi connectivity index (χ1v) is 9.62. The Morgan fingerprint density at radius 1 is 1.22 bits per heavy atom. The molecule has 5 heterocycles. The molecule has 3 fully saturated rings. The lowest BCUT2D eigenvalue weighted by Gasteiger charge is -2.44. The molecule has 0 unspecified atom stereocenters. The zero-order valence-electron chi connectivity index (χ0n) is 12.8. The number of pyridine rings is 1. The summed E-state index contributed by atoms with van der Waals surface area (Å²) in [7, 11) is 0. The van der Waals surface area contributed by atoms with Gasteiger partial charge in [0, 0.05) is 29.9 Å². The highest BCUT2D eigenvalue weighted by atomic mass is 32.2. The van der Waals surface area contributed by atoms with Gasteiger partial charge in [-0.2, -0.15) is 0 Å². The summed E-state index contributed by atoms with van der Waals surface area (Å²) >= 11 is 3.24. The number of nitrogens with zero attached hydrogens (tertiary/aromatic N) is 2. The van der Waals surface area contributed by atoms with Crippen LogP contribution in [-0.2, 0) is 0 Å². The van der Waals surface area contributed by atoms with Crippen molar-refractivity contribution >= 4 is 29.0 Å². The van der Waals surface area contributed by atoms with E-state index in [4.69, 9.17) is 0 Å². The van der Waals surface area contributed by atoms with Crippen LogP contribution in [0.2, 0.25) is 0 Å². The molecule has 2 bridgehead atoms. The second-order valence-electron chi connectivity index (χ2n) is 6.12. The van der Waals surface area contributed by atoms with E-state index in [-0.39, 0.29) is 5.91 Å². The van der Waals surface area contributed by atoms with Crippen molar-refractivity contribution in [2.75, 3.05) is 19.6 Å². The fraction of sp³-hybridized carbons (Fsp3) is 0.412. The predicted molar refractivity (Wildman–Crippen MR) is 93.1 cm³/mol. The van der Waals surface area contributed by atoms with Crippen molar-refractivity contribution in [1.29, 1.82) is 0 Å². The van der Waals surface area contributed by atoms with Gasteiger partial charge in [-0.3, -0.25) is 9.78 Å². The van der Waals surface area contributed by atoms with Crippen LogP contribution in [0.4, 0.5) is 0 Å². The number of carbonyl (C=O) groups excluding carboxylic acids is 1. The zero-order valence-corrected chi connectivity index (χ0v) is 14.4. The molecule has 4 nitrogen and oxygen atoms in total. The Morgan fingerprint density at radius 3 is 2.70 bits per heavy atom. The van der Waals surface area contributed by atoms with E-state index < -0.39 is 0 Å². The first-order chi connectivity index (χ1) is 11.3. The monoisotopic (exact) mass is 345 g/mol. The molecular formula is C17H19N3OS2. The van der Waals surface area contributed by atoms with E-state index in [0.29, 0.717) is 12.0 Å². The van der Waals surface area contributed by atoms with Crippen LogP contribution in [0.5, 0.6) is 0 Å². The number of fused-ring (bicyclic) bond motifs is 3. The lowest BCUT2D eigenvalue weighted by atomic mass is 9.84. The maximum Gasteiger partial charge on any atom is 0.261 e. The van der Waals surface area contributed by atoms with Gasteiger partial charge in [-0.1, -0.05) is 11.8 Å². The van der Waals surface area contributed by atoms with Crippen molar-refractivity contribution in [3.8, 4) is 0 Å². The number of nitrogens with one attached hydrogen (secondary N) is 1. The highest BCUT2D eigenvalue weighted by Crippen LogP contribution is 2.33. The molecular weight excluding hydrogens is 326 g/mol. The van der Waals surface area contributed by atoms with Crippen LogP contribution in [0.1, 0.15) is 22.5 Å². The van der Waals surface area contributed by atoms with Crippen molar-refractivity contribution in [3.63, 3.8) is 0 Å². The normalized spacial score (nSPS) is 26.2. The minimum Gasteiger partial charge on any atom is -0.347 e. The van der Waals surface area contributed by atoms with E-state index >= 15 is 0 Å². The summed E-state index contributed by atoms with van der Waals surface area (Å²) in [4.78, 5) is 21.0. The number of carbonyl (C=O) groups is 1. The average Bonchev–Trinajstić information content (AvgIpc) is 3.05. The minimum atomic E-state index is 0.0790. The third-order valence-corrected chi connectivity index (χ3v) is 6.87. The van der Waals surface area contributed by atoms with E-state index in [0.717, 1.165) is 20.5 Å². The minimum absolute atomic E-state index is 0.0790. The molecule has 6 heteroatoms. The molecule has 1 atom stereocenters. The van der Waals surface area contributed by atoms with Gasteiger partial charge in [-0.15, -0.1) is 11.3 Å². The van der Waals surface area contributed by atoms with Crippen LogP contribution in [0, 0.1) is 5.92 Å². The molecule has 3 aliphatic heterocycles. The average molecular weight is 345 g/mol. The van der Waals surface area contributed by atoms with Crippen molar-refractivity contribution in [3.05, 3.63) is 41.5 Å². The lowest BCUT2D eigenvalue weighted by molar-refractivity contribution is 0.0622. The summed E-state index contributed by atoms with van der Waals surface area (Å²) in [6, 6.07) is 8.25. The fourth-order valence-corrected chi connectivity index (χ4v) is 5.38. The van der Waals surface area contributed by atoms with Crippen molar-refractivity contribution in [1.82, 2.24) is 15.2 Å². The van der Waals surface area contributed by atoms with Crippen LogP contribution in [0.3, 0.4) is 0 Å². The molecule has 0 aromatic carbocycles. The van der Waals surface area contributed by atoms with Gasteiger partial charge in [-0.05, 0) is 56.1 Å². The van der Waals surface area contributed by atoms with Crippen LogP contribution >= 0.6 is 23.1 Å².